The molecule has 3 rings (SSSR count). The summed E-state index contributed by atoms with van der Waals surface area (Å²) in [6, 6.07) is 1.51. The third kappa shape index (κ3) is 2.90. The number of nitrogens with zero attached hydrogens (tertiary/aromatic N) is 2. The highest BCUT2D eigenvalue weighted by molar-refractivity contribution is 7.07. The number of carbonyl (C=O) groups is 2. The largest absolute Gasteiger partial charge is 0.480 e. The van der Waals surface area contributed by atoms with Crippen molar-refractivity contribution in [2.45, 2.75) is 44.8 Å². The predicted molar refractivity (Wildman–Crippen MR) is 80.2 cm³/mol. The second-order valence-electron chi connectivity index (χ2n) is 6.02. The maximum Gasteiger partial charge on any atom is 0.326 e. The molecule has 1 N–H and O–H groups in total. The Balaban J connectivity index is 1.76. The van der Waals surface area contributed by atoms with Crippen LogP contribution in [0.15, 0.2) is 16.8 Å². The third-order valence-corrected chi connectivity index (χ3v) is 5.10. The minimum atomic E-state index is -0.889. The first kappa shape index (κ1) is 14.4. The van der Waals surface area contributed by atoms with Crippen LogP contribution in [-0.2, 0) is 11.3 Å². The molecule has 1 saturated carbocycles. The summed E-state index contributed by atoms with van der Waals surface area (Å²) >= 11 is 1.62. The lowest BCUT2D eigenvalue weighted by Crippen LogP contribution is -2.49. The number of urea groups is 1. The summed E-state index contributed by atoms with van der Waals surface area (Å²) in [6.07, 6.45) is 2.81. The van der Waals surface area contributed by atoms with Crippen molar-refractivity contribution in [1.82, 2.24) is 9.80 Å². The molecule has 1 aromatic rings. The summed E-state index contributed by atoms with van der Waals surface area (Å²) in [5.41, 5.74) is 1.12. The van der Waals surface area contributed by atoms with Gasteiger partial charge in [-0.2, -0.15) is 11.3 Å². The average Bonchev–Trinajstić information content (AvgIpc) is 3.00. The molecular formula is C15H20N2O3S. The highest BCUT2D eigenvalue weighted by Crippen LogP contribution is 2.32. The van der Waals surface area contributed by atoms with Crippen molar-refractivity contribution in [2.75, 3.05) is 6.54 Å². The molecule has 6 heteroatoms. The van der Waals surface area contributed by atoms with E-state index in [-0.39, 0.29) is 18.0 Å². The van der Waals surface area contributed by atoms with Crippen LogP contribution in [0.5, 0.6) is 0 Å². The fraction of sp³-hybridized carbons (Fsp3) is 0.600. The zero-order chi connectivity index (χ0) is 15.0. The smallest absolute Gasteiger partial charge is 0.326 e. The normalized spacial score (nSPS) is 25.1. The van der Waals surface area contributed by atoms with E-state index in [0.29, 0.717) is 13.1 Å². The molecule has 0 bridgehead atoms. The number of rotatable bonds is 4. The first-order valence-electron chi connectivity index (χ1n) is 7.39. The molecule has 2 heterocycles. The lowest BCUT2D eigenvalue weighted by molar-refractivity contribution is -0.142. The van der Waals surface area contributed by atoms with Crippen LogP contribution in [0.3, 0.4) is 0 Å². The Morgan fingerprint density at radius 1 is 1.43 bits per heavy atom. The zero-order valence-corrected chi connectivity index (χ0v) is 12.9. The third-order valence-electron chi connectivity index (χ3n) is 4.37. The van der Waals surface area contributed by atoms with E-state index in [4.69, 9.17) is 0 Å². The van der Waals surface area contributed by atoms with Crippen molar-refractivity contribution in [1.29, 1.82) is 0 Å². The van der Waals surface area contributed by atoms with Crippen molar-refractivity contribution < 1.29 is 14.7 Å². The van der Waals surface area contributed by atoms with E-state index in [1.807, 2.05) is 28.7 Å². The van der Waals surface area contributed by atoms with Crippen LogP contribution >= 0.6 is 11.3 Å². The summed E-state index contributed by atoms with van der Waals surface area (Å²) in [5, 5.41) is 13.4. The number of thiophene rings is 1. The van der Waals surface area contributed by atoms with E-state index < -0.39 is 12.0 Å². The van der Waals surface area contributed by atoms with Crippen molar-refractivity contribution >= 4 is 23.3 Å². The molecule has 21 heavy (non-hydrogen) atoms. The van der Waals surface area contributed by atoms with Gasteiger partial charge in [0.1, 0.15) is 6.04 Å². The maximum atomic E-state index is 12.8. The number of likely N-dealkylation sites (tertiary alicyclic amines) is 1. The van der Waals surface area contributed by atoms with Crippen molar-refractivity contribution in [3.05, 3.63) is 22.4 Å². The van der Waals surface area contributed by atoms with Crippen LogP contribution in [0.1, 0.15) is 31.7 Å². The summed E-state index contributed by atoms with van der Waals surface area (Å²) in [6.45, 7) is 3.04. The lowest BCUT2D eigenvalue weighted by Gasteiger charge is -2.31. The summed E-state index contributed by atoms with van der Waals surface area (Å²) in [4.78, 5) is 27.7. The molecule has 1 aromatic heterocycles. The average molecular weight is 308 g/mol. The number of aliphatic carboxylic acids is 1. The second-order valence-corrected chi connectivity index (χ2v) is 6.80. The van der Waals surface area contributed by atoms with Gasteiger partial charge in [-0.3, -0.25) is 0 Å². The van der Waals surface area contributed by atoms with Crippen LogP contribution in [0.2, 0.25) is 0 Å². The number of amides is 2. The minimum absolute atomic E-state index is 0.0219. The van der Waals surface area contributed by atoms with Gasteiger partial charge in [0, 0.05) is 19.1 Å². The number of hydrogen-bond acceptors (Lipinski definition) is 3. The van der Waals surface area contributed by atoms with Gasteiger partial charge in [0.25, 0.3) is 0 Å². The zero-order valence-electron chi connectivity index (χ0n) is 12.1. The van der Waals surface area contributed by atoms with E-state index in [9.17, 15) is 14.7 Å². The van der Waals surface area contributed by atoms with Crippen molar-refractivity contribution in [2.24, 2.45) is 5.92 Å². The summed E-state index contributed by atoms with van der Waals surface area (Å²) in [7, 11) is 0. The van der Waals surface area contributed by atoms with Gasteiger partial charge in [-0.15, -0.1) is 0 Å². The highest BCUT2D eigenvalue weighted by Gasteiger charge is 2.43. The predicted octanol–water partition coefficient (Wildman–Crippen LogP) is 2.63. The van der Waals surface area contributed by atoms with E-state index in [1.165, 1.54) is 0 Å². The SMILES string of the molecule is CC1CCN(C(=O)N(Cc2ccsc2)C2CC2)C1C(=O)O. The highest BCUT2D eigenvalue weighted by atomic mass is 32.1. The van der Waals surface area contributed by atoms with Gasteiger partial charge in [-0.05, 0) is 47.6 Å². The van der Waals surface area contributed by atoms with E-state index in [1.54, 1.807) is 16.2 Å². The Hall–Kier alpha value is -1.56. The first-order valence-corrected chi connectivity index (χ1v) is 8.33. The fourth-order valence-electron chi connectivity index (χ4n) is 3.02. The number of carbonyl (C=O) groups excluding carboxylic acids is 1. The fourth-order valence-corrected chi connectivity index (χ4v) is 3.68. The molecule has 2 unspecified atom stereocenters. The Kier molecular flexibility index (Phi) is 3.89. The molecule has 2 aliphatic rings. The van der Waals surface area contributed by atoms with Crippen LogP contribution in [-0.4, -0.2) is 45.5 Å². The Bertz CT molecular complexity index is 527. The van der Waals surface area contributed by atoms with E-state index >= 15 is 0 Å². The minimum Gasteiger partial charge on any atom is -0.480 e. The maximum absolute atomic E-state index is 12.8. The molecule has 114 valence electrons. The van der Waals surface area contributed by atoms with Crippen LogP contribution in [0.4, 0.5) is 4.79 Å². The van der Waals surface area contributed by atoms with Gasteiger partial charge in [0.05, 0.1) is 0 Å². The van der Waals surface area contributed by atoms with Gasteiger partial charge in [-0.25, -0.2) is 9.59 Å². The Labute approximate surface area is 128 Å². The van der Waals surface area contributed by atoms with Gasteiger partial charge >= 0.3 is 12.0 Å². The monoisotopic (exact) mass is 308 g/mol. The Morgan fingerprint density at radius 2 is 2.19 bits per heavy atom. The van der Waals surface area contributed by atoms with Gasteiger partial charge < -0.3 is 14.9 Å². The molecule has 1 aliphatic carbocycles. The molecule has 0 spiro atoms. The number of carboxylic acid groups (broad SMARTS) is 1. The molecule has 2 atom stereocenters. The van der Waals surface area contributed by atoms with Gasteiger partial charge in [0.2, 0.25) is 0 Å². The van der Waals surface area contributed by atoms with Crippen molar-refractivity contribution in [3.63, 3.8) is 0 Å². The molecule has 5 nitrogen and oxygen atoms in total. The summed E-state index contributed by atoms with van der Waals surface area (Å²) in [5.74, 6) is -0.867. The molecule has 1 saturated heterocycles. The molecule has 2 fully saturated rings. The molecular weight excluding hydrogens is 288 g/mol. The molecule has 0 radical (unpaired) electrons. The Morgan fingerprint density at radius 3 is 2.76 bits per heavy atom. The van der Waals surface area contributed by atoms with Crippen LogP contribution < -0.4 is 0 Å². The van der Waals surface area contributed by atoms with Gasteiger partial charge in [-0.1, -0.05) is 6.92 Å². The second kappa shape index (κ2) is 5.67. The lowest BCUT2D eigenvalue weighted by atomic mass is 10.0. The number of carboxylic acids is 1. The molecule has 0 aromatic carbocycles. The first-order chi connectivity index (χ1) is 10.1. The quantitative estimate of drug-likeness (QED) is 0.930. The molecule has 1 aliphatic heterocycles. The van der Waals surface area contributed by atoms with Gasteiger partial charge in [0.15, 0.2) is 0 Å². The summed E-state index contributed by atoms with van der Waals surface area (Å²) < 4.78 is 0. The molecule has 2 amide bonds. The van der Waals surface area contributed by atoms with Crippen LogP contribution in [0, 0.1) is 5.92 Å². The van der Waals surface area contributed by atoms with E-state index in [2.05, 4.69) is 0 Å². The standard InChI is InChI=1S/C15H20N2O3S/c1-10-4-6-16(13(10)14(18)19)15(20)17(12-2-3-12)8-11-5-7-21-9-11/h5,7,9-10,12-13H,2-4,6,8H2,1H3,(H,18,19). The van der Waals surface area contributed by atoms with Crippen molar-refractivity contribution in [3.8, 4) is 0 Å². The topological polar surface area (TPSA) is 60.9 Å². The van der Waals surface area contributed by atoms with Crippen LogP contribution in [0.25, 0.3) is 0 Å². The van der Waals surface area contributed by atoms with E-state index in [0.717, 1.165) is 24.8 Å². The number of hydrogen-bond donors (Lipinski definition) is 1.